The van der Waals surface area contributed by atoms with Gasteiger partial charge in [-0.2, -0.15) is 0 Å². The molecule has 1 aliphatic carbocycles. The average molecular weight is 323 g/mol. The Morgan fingerprint density at radius 3 is 2.42 bits per heavy atom. The molecule has 0 aromatic heterocycles. The molecule has 3 rings (SSSR count). The van der Waals surface area contributed by atoms with Crippen LogP contribution in [0.4, 0.5) is 0 Å². The molecule has 0 spiro atoms. The van der Waals surface area contributed by atoms with E-state index in [9.17, 15) is 0 Å². The first-order valence-corrected chi connectivity index (χ1v) is 8.30. The highest BCUT2D eigenvalue weighted by atomic mass is 79.9. The normalized spacial score (nSPS) is 23.0. The quantitative estimate of drug-likeness (QED) is 0.887. The van der Waals surface area contributed by atoms with Crippen LogP contribution < -0.4 is 10.6 Å². The van der Waals surface area contributed by atoms with Gasteiger partial charge >= 0.3 is 0 Å². The van der Waals surface area contributed by atoms with Crippen molar-refractivity contribution in [2.45, 2.75) is 37.6 Å². The van der Waals surface area contributed by atoms with Gasteiger partial charge in [0.1, 0.15) is 0 Å². The second-order valence-corrected chi connectivity index (χ2v) is 6.93. The van der Waals surface area contributed by atoms with Gasteiger partial charge in [-0.05, 0) is 75.4 Å². The van der Waals surface area contributed by atoms with Crippen LogP contribution in [0.3, 0.4) is 0 Å². The number of hydrogen-bond donors (Lipinski definition) is 2. The third-order valence-electron chi connectivity index (χ3n) is 4.79. The third kappa shape index (κ3) is 3.04. The van der Waals surface area contributed by atoms with Crippen LogP contribution in [0.25, 0.3) is 0 Å². The lowest BCUT2D eigenvalue weighted by Gasteiger charge is -2.44. The van der Waals surface area contributed by atoms with E-state index < -0.39 is 0 Å². The second-order valence-electron chi connectivity index (χ2n) is 6.02. The van der Waals surface area contributed by atoms with Crippen LogP contribution in [-0.2, 0) is 5.54 Å². The number of benzene rings is 1. The SMILES string of the molecule is Brc1ccc(C2(NCC3CCNCC3)CCC2)cc1. The summed E-state index contributed by atoms with van der Waals surface area (Å²) in [5.74, 6) is 0.856. The Labute approximate surface area is 124 Å². The molecule has 1 aromatic rings. The van der Waals surface area contributed by atoms with Crippen LogP contribution in [0.5, 0.6) is 0 Å². The fraction of sp³-hybridized carbons (Fsp3) is 0.625. The third-order valence-corrected chi connectivity index (χ3v) is 5.32. The first-order valence-electron chi connectivity index (χ1n) is 7.50. The van der Waals surface area contributed by atoms with Crippen LogP contribution in [-0.4, -0.2) is 19.6 Å². The summed E-state index contributed by atoms with van der Waals surface area (Å²) in [5.41, 5.74) is 1.74. The maximum absolute atomic E-state index is 3.89. The molecule has 0 atom stereocenters. The van der Waals surface area contributed by atoms with Crippen molar-refractivity contribution < 1.29 is 0 Å². The van der Waals surface area contributed by atoms with Crippen LogP contribution in [0.2, 0.25) is 0 Å². The fourth-order valence-electron chi connectivity index (χ4n) is 3.29. The summed E-state index contributed by atoms with van der Waals surface area (Å²) in [6, 6.07) is 8.89. The zero-order valence-electron chi connectivity index (χ0n) is 11.4. The Morgan fingerprint density at radius 2 is 1.84 bits per heavy atom. The van der Waals surface area contributed by atoms with Gasteiger partial charge in [-0.1, -0.05) is 28.1 Å². The van der Waals surface area contributed by atoms with Gasteiger partial charge in [0, 0.05) is 10.0 Å². The van der Waals surface area contributed by atoms with Crippen LogP contribution in [0.1, 0.15) is 37.7 Å². The molecule has 0 unspecified atom stereocenters. The van der Waals surface area contributed by atoms with Crippen molar-refractivity contribution >= 4 is 15.9 Å². The highest BCUT2D eigenvalue weighted by molar-refractivity contribution is 9.10. The molecule has 104 valence electrons. The van der Waals surface area contributed by atoms with Crippen LogP contribution in [0.15, 0.2) is 28.7 Å². The van der Waals surface area contributed by atoms with Gasteiger partial charge in [0.2, 0.25) is 0 Å². The molecule has 1 saturated carbocycles. The number of hydrogen-bond acceptors (Lipinski definition) is 2. The van der Waals surface area contributed by atoms with Crippen molar-refractivity contribution in [3.63, 3.8) is 0 Å². The minimum absolute atomic E-state index is 0.269. The van der Waals surface area contributed by atoms with Gasteiger partial charge in [-0.25, -0.2) is 0 Å². The number of halogens is 1. The summed E-state index contributed by atoms with van der Waals surface area (Å²) in [5, 5.41) is 7.34. The van der Waals surface area contributed by atoms with Gasteiger partial charge in [0.25, 0.3) is 0 Å². The van der Waals surface area contributed by atoms with E-state index in [0.29, 0.717) is 0 Å². The largest absolute Gasteiger partial charge is 0.317 e. The Kier molecular flexibility index (Phi) is 4.25. The van der Waals surface area contributed by atoms with E-state index in [2.05, 4.69) is 50.8 Å². The highest BCUT2D eigenvalue weighted by Gasteiger charge is 2.38. The first kappa shape index (κ1) is 13.6. The summed E-state index contributed by atoms with van der Waals surface area (Å²) >= 11 is 3.53. The molecule has 3 heteroatoms. The van der Waals surface area contributed by atoms with Crippen molar-refractivity contribution in [3.8, 4) is 0 Å². The predicted molar refractivity (Wildman–Crippen MR) is 83.3 cm³/mol. The average Bonchev–Trinajstić information content (AvgIpc) is 2.41. The van der Waals surface area contributed by atoms with Gasteiger partial charge < -0.3 is 10.6 Å². The fourth-order valence-corrected chi connectivity index (χ4v) is 3.56. The summed E-state index contributed by atoms with van der Waals surface area (Å²) in [6.45, 7) is 3.56. The highest BCUT2D eigenvalue weighted by Crippen LogP contribution is 2.41. The van der Waals surface area contributed by atoms with E-state index in [1.807, 2.05) is 0 Å². The van der Waals surface area contributed by atoms with Gasteiger partial charge in [-0.3, -0.25) is 0 Å². The molecule has 1 saturated heterocycles. The molecular formula is C16H23BrN2. The zero-order chi connectivity index (χ0) is 13.1. The maximum Gasteiger partial charge on any atom is 0.0434 e. The molecule has 0 radical (unpaired) electrons. The van der Waals surface area contributed by atoms with Crippen molar-refractivity contribution in [3.05, 3.63) is 34.3 Å². The molecule has 0 amide bonds. The molecule has 0 bridgehead atoms. The van der Waals surface area contributed by atoms with E-state index in [1.54, 1.807) is 0 Å². The summed E-state index contributed by atoms with van der Waals surface area (Å²) in [4.78, 5) is 0. The van der Waals surface area contributed by atoms with Gasteiger partial charge in [0.15, 0.2) is 0 Å². The summed E-state index contributed by atoms with van der Waals surface area (Å²) < 4.78 is 1.17. The summed E-state index contributed by atoms with van der Waals surface area (Å²) in [7, 11) is 0. The number of nitrogens with one attached hydrogen (secondary N) is 2. The maximum atomic E-state index is 3.89. The number of piperidine rings is 1. The van der Waals surface area contributed by atoms with Crippen molar-refractivity contribution in [1.82, 2.24) is 10.6 Å². The number of rotatable bonds is 4. The van der Waals surface area contributed by atoms with Crippen LogP contribution in [0, 0.1) is 5.92 Å². The monoisotopic (exact) mass is 322 g/mol. The lowest BCUT2D eigenvalue weighted by atomic mass is 9.71. The molecule has 2 aliphatic rings. The molecule has 2 fully saturated rings. The van der Waals surface area contributed by atoms with E-state index in [4.69, 9.17) is 0 Å². The smallest absolute Gasteiger partial charge is 0.0434 e. The van der Waals surface area contributed by atoms with Crippen molar-refractivity contribution in [1.29, 1.82) is 0 Å². The molecular weight excluding hydrogens is 300 g/mol. The topological polar surface area (TPSA) is 24.1 Å². The lowest BCUT2D eigenvalue weighted by molar-refractivity contribution is 0.169. The summed E-state index contributed by atoms with van der Waals surface area (Å²) in [6.07, 6.45) is 6.58. The Hall–Kier alpha value is -0.380. The van der Waals surface area contributed by atoms with E-state index >= 15 is 0 Å². The Bertz CT molecular complexity index is 405. The Morgan fingerprint density at radius 1 is 1.16 bits per heavy atom. The lowest BCUT2D eigenvalue weighted by Crippen LogP contribution is -2.50. The Balaban J connectivity index is 1.64. The minimum atomic E-state index is 0.269. The van der Waals surface area contributed by atoms with E-state index in [1.165, 1.54) is 61.8 Å². The second kappa shape index (κ2) is 5.94. The molecule has 2 N–H and O–H groups in total. The van der Waals surface area contributed by atoms with Crippen molar-refractivity contribution in [2.24, 2.45) is 5.92 Å². The molecule has 2 nitrogen and oxygen atoms in total. The van der Waals surface area contributed by atoms with Gasteiger partial charge in [-0.15, -0.1) is 0 Å². The molecule has 19 heavy (non-hydrogen) atoms. The molecule has 1 aromatic carbocycles. The molecule has 1 aliphatic heterocycles. The first-order chi connectivity index (χ1) is 9.28. The predicted octanol–water partition coefficient (Wildman–Crippen LogP) is 3.42. The van der Waals surface area contributed by atoms with Crippen LogP contribution >= 0.6 is 15.9 Å². The van der Waals surface area contributed by atoms with Gasteiger partial charge in [0.05, 0.1) is 0 Å². The van der Waals surface area contributed by atoms with E-state index in [0.717, 1.165) is 5.92 Å². The van der Waals surface area contributed by atoms with Crippen molar-refractivity contribution in [2.75, 3.05) is 19.6 Å². The zero-order valence-corrected chi connectivity index (χ0v) is 13.0. The standard InChI is InChI=1S/C16H23BrN2/c17-15-4-2-14(3-5-15)16(8-1-9-16)19-12-13-6-10-18-11-7-13/h2-5,13,18-19H,1,6-12H2. The minimum Gasteiger partial charge on any atom is -0.317 e. The molecule has 1 heterocycles. The van der Waals surface area contributed by atoms with E-state index in [-0.39, 0.29) is 5.54 Å².